The summed E-state index contributed by atoms with van der Waals surface area (Å²) in [5.74, 6) is -0.486. The lowest BCUT2D eigenvalue weighted by atomic mass is 10.1. The standard InChI is InChI=1S/C32H34FN5O3/c1-41-30-15-11-23(32(40)36-26(19-35)6-4-5-17-34)18-28(30)37-31(39)16-12-24-21-38(29-8-3-2-7-27(24)29)20-22-9-13-25(33)14-10-22/h2-3,7-11,13-15,18,21,26H,4-6,12,16-17,20,34H2,1H3,(H,36,40)(H,37,39)/t26-/m0/s1. The Balaban J connectivity index is 1.43. The van der Waals surface area contributed by atoms with E-state index in [9.17, 15) is 19.2 Å². The second-order valence-electron chi connectivity index (χ2n) is 9.83. The van der Waals surface area contributed by atoms with Crippen molar-refractivity contribution in [1.82, 2.24) is 9.88 Å². The first kappa shape index (κ1) is 29.3. The Morgan fingerprint density at radius 2 is 1.88 bits per heavy atom. The molecule has 0 fully saturated rings. The van der Waals surface area contributed by atoms with Crippen molar-refractivity contribution in [3.05, 3.63) is 95.4 Å². The summed E-state index contributed by atoms with van der Waals surface area (Å²) in [6, 6.07) is 20.7. The number of hydrogen-bond acceptors (Lipinski definition) is 5. The summed E-state index contributed by atoms with van der Waals surface area (Å²) in [4.78, 5) is 25.8. The fourth-order valence-corrected chi connectivity index (χ4v) is 4.75. The highest BCUT2D eigenvalue weighted by Gasteiger charge is 2.17. The Morgan fingerprint density at radius 1 is 1.10 bits per heavy atom. The monoisotopic (exact) mass is 555 g/mol. The fourth-order valence-electron chi connectivity index (χ4n) is 4.75. The number of anilines is 1. The molecule has 4 rings (SSSR count). The van der Waals surface area contributed by atoms with Gasteiger partial charge in [-0.25, -0.2) is 4.39 Å². The van der Waals surface area contributed by atoms with E-state index >= 15 is 0 Å². The van der Waals surface area contributed by atoms with Gasteiger partial charge in [-0.05, 0) is 79.8 Å². The van der Waals surface area contributed by atoms with Gasteiger partial charge in [0.05, 0.1) is 18.9 Å². The first-order chi connectivity index (χ1) is 19.9. The second kappa shape index (κ2) is 14.1. The first-order valence-electron chi connectivity index (χ1n) is 13.6. The lowest BCUT2D eigenvalue weighted by Crippen LogP contribution is -2.33. The van der Waals surface area contributed by atoms with Crippen LogP contribution in [-0.2, 0) is 17.8 Å². The van der Waals surface area contributed by atoms with Crippen LogP contribution in [-0.4, -0.2) is 36.1 Å². The largest absolute Gasteiger partial charge is 0.495 e. The zero-order valence-electron chi connectivity index (χ0n) is 23.0. The first-order valence-corrected chi connectivity index (χ1v) is 13.6. The number of rotatable bonds is 13. The van der Waals surface area contributed by atoms with E-state index < -0.39 is 11.9 Å². The van der Waals surface area contributed by atoms with E-state index in [0.29, 0.717) is 42.9 Å². The van der Waals surface area contributed by atoms with Crippen LogP contribution in [0.3, 0.4) is 0 Å². The number of carbonyl (C=O) groups excluding carboxylic acids is 2. The van der Waals surface area contributed by atoms with Crippen LogP contribution in [0.1, 0.15) is 47.2 Å². The number of fused-ring (bicyclic) bond motifs is 1. The summed E-state index contributed by atoms with van der Waals surface area (Å²) in [5, 5.41) is 16.0. The summed E-state index contributed by atoms with van der Waals surface area (Å²) >= 11 is 0. The summed E-state index contributed by atoms with van der Waals surface area (Å²) in [6.07, 6.45) is 4.77. The molecule has 8 nitrogen and oxygen atoms in total. The molecule has 0 aliphatic rings. The number of hydrogen-bond donors (Lipinski definition) is 3. The van der Waals surface area contributed by atoms with Gasteiger partial charge in [-0.15, -0.1) is 0 Å². The molecule has 3 aromatic carbocycles. The van der Waals surface area contributed by atoms with Crippen LogP contribution >= 0.6 is 0 Å². The Bertz CT molecular complexity index is 1540. The zero-order valence-corrected chi connectivity index (χ0v) is 23.0. The molecule has 1 atom stereocenters. The third kappa shape index (κ3) is 7.71. The number of ether oxygens (including phenoxy) is 1. The van der Waals surface area contributed by atoms with E-state index in [0.717, 1.165) is 34.9 Å². The molecule has 0 spiro atoms. The van der Waals surface area contributed by atoms with E-state index in [1.807, 2.05) is 30.5 Å². The molecule has 1 aromatic heterocycles. The molecule has 0 aliphatic heterocycles. The Labute approximate surface area is 238 Å². The maximum atomic E-state index is 13.4. The molecule has 0 aliphatic carbocycles. The molecule has 4 aromatic rings. The number of para-hydroxylation sites is 1. The lowest BCUT2D eigenvalue weighted by molar-refractivity contribution is -0.116. The second-order valence-corrected chi connectivity index (χ2v) is 9.83. The molecule has 0 bridgehead atoms. The maximum absolute atomic E-state index is 13.4. The predicted octanol–water partition coefficient (Wildman–Crippen LogP) is 5.16. The summed E-state index contributed by atoms with van der Waals surface area (Å²) in [5.41, 5.74) is 9.23. The van der Waals surface area contributed by atoms with Crippen molar-refractivity contribution in [2.45, 2.75) is 44.7 Å². The number of nitriles is 1. The van der Waals surface area contributed by atoms with Crippen LogP contribution in [0.4, 0.5) is 10.1 Å². The molecule has 0 unspecified atom stereocenters. The number of carbonyl (C=O) groups is 2. The minimum Gasteiger partial charge on any atom is -0.495 e. The maximum Gasteiger partial charge on any atom is 0.252 e. The van der Waals surface area contributed by atoms with Crippen LogP contribution in [0.5, 0.6) is 5.75 Å². The third-order valence-electron chi connectivity index (χ3n) is 6.90. The molecule has 1 heterocycles. The van der Waals surface area contributed by atoms with Gasteiger partial charge in [0.1, 0.15) is 17.6 Å². The number of aromatic nitrogens is 1. The zero-order chi connectivity index (χ0) is 29.2. The molecule has 4 N–H and O–H groups in total. The average Bonchev–Trinajstić information content (AvgIpc) is 3.33. The van der Waals surface area contributed by atoms with E-state index in [1.54, 1.807) is 30.3 Å². The van der Waals surface area contributed by atoms with Gasteiger partial charge < -0.3 is 25.7 Å². The van der Waals surface area contributed by atoms with Crippen LogP contribution in [0.25, 0.3) is 10.9 Å². The molecule has 0 radical (unpaired) electrons. The van der Waals surface area contributed by atoms with Gasteiger partial charge in [0.25, 0.3) is 5.91 Å². The molecule has 0 saturated carbocycles. The van der Waals surface area contributed by atoms with Crippen LogP contribution < -0.4 is 21.1 Å². The lowest BCUT2D eigenvalue weighted by Gasteiger charge is -2.14. The number of nitrogens with one attached hydrogen (secondary N) is 2. The molecule has 41 heavy (non-hydrogen) atoms. The minimum absolute atomic E-state index is 0.210. The van der Waals surface area contributed by atoms with Crippen molar-refractivity contribution in [1.29, 1.82) is 5.26 Å². The van der Waals surface area contributed by atoms with Crippen molar-refractivity contribution in [3.8, 4) is 11.8 Å². The number of methoxy groups -OCH3 is 1. The average molecular weight is 556 g/mol. The van der Waals surface area contributed by atoms with Gasteiger partial charge in [-0.2, -0.15) is 5.26 Å². The Kier molecular flexibility index (Phi) is 10.1. The minimum atomic E-state index is -0.626. The summed E-state index contributed by atoms with van der Waals surface area (Å²) < 4.78 is 20.9. The number of halogens is 1. The normalized spacial score (nSPS) is 11.6. The van der Waals surface area contributed by atoms with Crippen LogP contribution in [0, 0.1) is 17.1 Å². The van der Waals surface area contributed by atoms with E-state index in [4.69, 9.17) is 10.5 Å². The Hall–Kier alpha value is -4.68. The smallest absolute Gasteiger partial charge is 0.252 e. The Morgan fingerprint density at radius 3 is 2.61 bits per heavy atom. The SMILES string of the molecule is COc1ccc(C(=O)N[C@H](C#N)CCCCN)cc1NC(=O)CCc1cn(Cc2ccc(F)cc2)c2ccccc12. The highest BCUT2D eigenvalue weighted by Crippen LogP contribution is 2.27. The van der Waals surface area contributed by atoms with Gasteiger partial charge >= 0.3 is 0 Å². The highest BCUT2D eigenvalue weighted by atomic mass is 19.1. The van der Waals surface area contributed by atoms with E-state index in [1.165, 1.54) is 19.2 Å². The molecular formula is C32H34FN5O3. The third-order valence-corrected chi connectivity index (χ3v) is 6.90. The van der Waals surface area contributed by atoms with Crippen molar-refractivity contribution in [2.75, 3.05) is 19.0 Å². The van der Waals surface area contributed by atoms with Crippen LogP contribution in [0.15, 0.2) is 72.9 Å². The highest BCUT2D eigenvalue weighted by molar-refractivity contribution is 5.98. The van der Waals surface area contributed by atoms with Gasteiger partial charge in [0.15, 0.2) is 0 Å². The van der Waals surface area contributed by atoms with Gasteiger partial charge in [-0.1, -0.05) is 30.3 Å². The number of amides is 2. The van der Waals surface area contributed by atoms with Crippen LogP contribution in [0.2, 0.25) is 0 Å². The van der Waals surface area contributed by atoms with Gasteiger partial charge in [-0.3, -0.25) is 9.59 Å². The topological polar surface area (TPSA) is 122 Å². The van der Waals surface area contributed by atoms with E-state index in [2.05, 4.69) is 21.3 Å². The number of benzene rings is 3. The number of nitrogens with zero attached hydrogens (tertiary/aromatic N) is 2. The quantitative estimate of drug-likeness (QED) is 0.197. The van der Waals surface area contributed by atoms with Crippen molar-refractivity contribution >= 4 is 28.4 Å². The molecule has 9 heteroatoms. The summed E-state index contributed by atoms with van der Waals surface area (Å²) in [6.45, 7) is 1.12. The van der Waals surface area contributed by atoms with Crippen molar-refractivity contribution < 1.29 is 18.7 Å². The molecule has 0 saturated heterocycles. The predicted molar refractivity (Wildman–Crippen MR) is 157 cm³/mol. The fraction of sp³-hybridized carbons (Fsp3) is 0.281. The number of unbranched alkanes of at least 4 members (excludes halogenated alkanes) is 1. The van der Waals surface area contributed by atoms with Crippen molar-refractivity contribution in [2.24, 2.45) is 5.73 Å². The number of aryl methyl sites for hydroxylation is 1. The van der Waals surface area contributed by atoms with E-state index in [-0.39, 0.29) is 18.1 Å². The van der Waals surface area contributed by atoms with Gasteiger partial charge in [0, 0.05) is 35.6 Å². The summed E-state index contributed by atoms with van der Waals surface area (Å²) in [7, 11) is 1.49. The molecule has 212 valence electrons. The van der Waals surface area contributed by atoms with Gasteiger partial charge in [0.2, 0.25) is 5.91 Å². The molecular weight excluding hydrogens is 521 g/mol. The molecule has 2 amide bonds. The number of nitrogens with two attached hydrogens (primary N) is 1. The van der Waals surface area contributed by atoms with Crippen molar-refractivity contribution in [3.63, 3.8) is 0 Å².